The summed E-state index contributed by atoms with van der Waals surface area (Å²) in [5.41, 5.74) is -0.266. The third kappa shape index (κ3) is 4.46. The number of thiazole rings is 1. The summed E-state index contributed by atoms with van der Waals surface area (Å²) in [5.74, 6) is 0.374. The second kappa shape index (κ2) is 5.45. The van der Waals surface area contributed by atoms with Crippen LogP contribution in [0.15, 0.2) is 5.38 Å². The molecule has 1 aromatic rings. The van der Waals surface area contributed by atoms with Gasteiger partial charge in [0.15, 0.2) is 0 Å². The Balaban J connectivity index is 2.72. The van der Waals surface area contributed by atoms with Crippen LogP contribution in [0.3, 0.4) is 0 Å². The number of hydrogen-bond acceptors (Lipinski definition) is 4. The Hall–Kier alpha value is -0.810. The number of halogens is 1. The molecular weight excluding hydrogens is 272 g/mol. The number of carbonyl (C=O) groups excluding carboxylic acids is 1. The molecule has 18 heavy (non-hydrogen) atoms. The van der Waals surface area contributed by atoms with E-state index in [0.29, 0.717) is 5.88 Å². The SMILES string of the molecule is CC(C)(C)OC(=O)NC(C)(C)c1nc(CCl)cs1. The first-order valence-corrected chi connectivity index (χ1v) is 7.07. The van der Waals surface area contributed by atoms with Crippen LogP contribution in [0.25, 0.3) is 0 Å². The molecule has 6 heteroatoms. The molecule has 1 amide bonds. The lowest BCUT2D eigenvalue weighted by Crippen LogP contribution is -2.43. The Labute approximate surface area is 117 Å². The third-order valence-electron chi connectivity index (χ3n) is 2.04. The topological polar surface area (TPSA) is 51.2 Å². The minimum Gasteiger partial charge on any atom is -0.444 e. The number of alkyl carbamates (subject to hydrolysis) is 1. The van der Waals surface area contributed by atoms with Gasteiger partial charge in [-0.25, -0.2) is 9.78 Å². The van der Waals surface area contributed by atoms with E-state index < -0.39 is 17.2 Å². The second-order valence-corrected chi connectivity index (χ2v) is 6.65. The first kappa shape index (κ1) is 15.2. The lowest BCUT2D eigenvalue weighted by atomic mass is 10.1. The lowest BCUT2D eigenvalue weighted by Gasteiger charge is -2.27. The minimum absolute atomic E-state index is 0.374. The van der Waals surface area contributed by atoms with Crippen LogP contribution in [-0.2, 0) is 16.2 Å². The van der Waals surface area contributed by atoms with Gasteiger partial charge in [-0.1, -0.05) is 0 Å². The van der Waals surface area contributed by atoms with E-state index in [9.17, 15) is 4.79 Å². The normalized spacial score (nSPS) is 12.3. The molecule has 1 aromatic heterocycles. The van der Waals surface area contributed by atoms with Gasteiger partial charge in [-0.2, -0.15) is 0 Å². The molecule has 0 aliphatic rings. The number of nitrogens with one attached hydrogen (secondary N) is 1. The van der Waals surface area contributed by atoms with Gasteiger partial charge in [0.2, 0.25) is 0 Å². The molecule has 1 rings (SSSR count). The van der Waals surface area contributed by atoms with Crippen molar-refractivity contribution in [2.75, 3.05) is 0 Å². The first-order chi connectivity index (χ1) is 8.14. The lowest BCUT2D eigenvalue weighted by molar-refractivity contribution is 0.0470. The van der Waals surface area contributed by atoms with Gasteiger partial charge in [-0.05, 0) is 34.6 Å². The number of carbonyl (C=O) groups is 1. The largest absolute Gasteiger partial charge is 0.444 e. The van der Waals surface area contributed by atoms with Crippen LogP contribution in [0, 0.1) is 0 Å². The quantitative estimate of drug-likeness (QED) is 0.865. The summed E-state index contributed by atoms with van der Waals surface area (Å²) >= 11 is 7.19. The number of ether oxygens (including phenoxy) is 1. The molecule has 0 aliphatic heterocycles. The van der Waals surface area contributed by atoms with Crippen LogP contribution in [0.4, 0.5) is 4.79 Å². The molecule has 0 atom stereocenters. The summed E-state index contributed by atoms with van der Waals surface area (Å²) in [5, 5.41) is 5.51. The molecule has 0 fully saturated rings. The maximum Gasteiger partial charge on any atom is 0.408 e. The predicted octanol–water partition coefficient (Wildman–Crippen LogP) is 3.64. The van der Waals surface area contributed by atoms with Crippen molar-refractivity contribution in [3.8, 4) is 0 Å². The fraction of sp³-hybridized carbons (Fsp3) is 0.667. The molecule has 0 radical (unpaired) electrons. The molecule has 102 valence electrons. The molecule has 0 aromatic carbocycles. The molecule has 1 N–H and O–H groups in total. The summed E-state index contributed by atoms with van der Waals surface area (Å²) in [6.07, 6.45) is -0.449. The van der Waals surface area contributed by atoms with Gasteiger partial charge in [0.1, 0.15) is 10.6 Å². The van der Waals surface area contributed by atoms with Crippen molar-refractivity contribution in [3.63, 3.8) is 0 Å². The fourth-order valence-corrected chi connectivity index (χ4v) is 2.40. The molecule has 0 spiro atoms. The molecule has 0 saturated heterocycles. The number of hydrogen-bond donors (Lipinski definition) is 1. The summed E-state index contributed by atoms with van der Waals surface area (Å²) < 4.78 is 5.23. The van der Waals surface area contributed by atoms with E-state index in [1.165, 1.54) is 11.3 Å². The average molecular weight is 291 g/mol. The van der Waals surface area contributed by atoms with Crippen LogP contribution in [0.2, 0.25) is 0 Å². The van der Waals surface area contributed by atoms with Crippen LogP contribution in [-0.4, -0.2) is 16.7 Å². The number of rotatable bonds is 3. The molecule has 0 bridgehead atoms. The number of alkyl halides is 1. The van der Waals surface area contributed by atoms with Crippen molar-refractivity contribution in [3.05, 3.63) is 16.1 Å². The summed E-state index contributed by atoms with van der Waals surface area (Å²) in [7, 11) is 0. The monoisotopic (exact) mass is 290 g/mol. The molecule has 0 unspecified atom stereocenters. The first-order valence-electron chi connectivity index (χ1n) is 5.66. The van der Waals surface area contributed by atoms with Crippen LogP contribution in [0.1, 0.15) is 45.3 Å². The van der Waals surface area contributed by atoms with Crippen molar-refractivity contribution in [2.24, 2.45) is 0 Å². The van der Waals surface area contributed by atoms with Crippen molar-refractivity contribution in [1.29, 1.82) is 0 Å². The average Bonchev–Trinajstić information content (AvgIpc) is 2.61. The summed E-state index contributed by atoms with van der Waals surface area (Å²) in [4.78, 5) is 16.1. The van der Waals surface area contributed by atoms with E-state index in [0.717, 1.165) is 10.7 Å². The highest BCUT2D eigenvalue weighted by Gasteiger charge is 2.28. The fourth-order valence-electron chi connectivity index (χ4n) is 1.27. The van der Waals surface area contributed by atoms with Crippen LogP contribution < -0.4 is 5.32 Å². The number of amides is 1. The van der Waals surface area contributed by atoms with Crippen LogP contribution in [0.5, 0.6) is 0 Å². The number of aromatic nitrogens is 1. The molecule has 0 saturated carbocycles. The highest BCUT2D eigenvalue weighted by molar-refractivity contribution is 7.09. The summed E-state index contributed by atoms with van der Waals surface area (Å²) in [6, 6.07) is 0. The van der Waals surface area contributed by atoms with Gasteiger partial charge in [0.25, 0.3) is 0 Å². The second-order valence-electron chi connectivity index (χ2n) is 5.53. The number of nitrogens with zero attached hydrogens (tertiary/aromatic N) is 1. The molecule has 1 heterocycles. The zero-order chi connectivity index (χ0) is 14.0. The summed E-state index contributed by atoms with van der Waals surface area (Å²) in [6.45, 7) is 9.25. The Bertz CT molecular complexity index is 424. The van der Waals surface area contributed by atoms with Crippen molar-refractivity contribution >= 4 is 29.0 Å². The highest BCUT2D eigenvalue weighted by Crippen LogP contribution is 2.25. The van der Waals surface area contributed by atoms with E-state index >= 15 is 0 Å². The Kier molecular flexibility index (Phi) is 4.61. The Morgan fingerprint density at radius 1 is 1.44 bits per heavy atom. The van der Waals surface area contributed by atoms with E-state index in [4.69, 9.17) is 16.3 Å². The van der Waals surface area contributed by atoms with E-state index in [-0.39, 0.29) is 0 Å². The molecular formula is C12H19ClN2O2S. The van der Waals surface area contributed by atoms with Gasteiger partial charge in [-0.3, -0.25) is 0 Å². The van der Waals surface area contributed by atoms with E-state index in [2.05, 4.69) is 10.3 Å². The molecule has 4 nitrogen and oxygen atoms in total. The minimum atomic E-state index is -0.572. The van der Waals surface area contributed by atoms with Gasteiger partial charge in [0.05, 0.1) is 17.1 Å². The van der Waals surface area contributed by atoms with E-state index in [1.807, 2.05) is 40.0 Å². The van der Waals surface area contributed by atoms with E-state index in [1.54, 1.807) is 0 Å². The smallest absolute Gasteiger partial charge is 0.408 e. The standard InChI is InChI=1S/C12H19ClN2O2S/c1-11(2,3)17-10(16)15-12(4,5)9-14-8(6-13)7-18-9/h7H,6H2,1-5H3,(H,15,16). The van der Waals surface area contributed by atoms with Gasteiger partial charge in [0, 0.05) is 5.38 Å². The maximum atomic E-state index is 11.7. The zero-order valence-corrected chi connectivity index (χ0v) is 12.9. The van der Waals surface area contributed by atoms with Crippen LogP contribution >= 0.6 is 22.9 Å². The molecule has 0 aliphatic carbocycles. The Morgan fingerprint density at radius 3 is 2.50 bits per heavy atom. The van der Waals surface area contributed by atoms with Gasteiger partial charge in [-0.15, -0.1) is 22.9 Å². The third-order valence-corrected chi connectivity index (χ3v) is 3.53. The van der Waals surface area contributed by atoms with Crippen molar-refractivity contribution in [1.82, 2.24) is 10.3 Å². The predicted molar refractivity (Wildman–Crippen MR) is 74.1 cm³/mol. The highest BCUT2D eigenvalue weighted by atomic mass is 35.5. The Morgan fingerprint density at radius 2 is 2.06 bits per heavy atom. The van der Waals surface area contributed by atoms with Crippen molar-refractivity contribution in [2.45, 2.75) is 51.6 Å². The maximum absolute atomic E-state index is 11.7. The van der Waals surface area contributed by atoms with Gasteiger partial charge >= 0.3 is 6.09 Å². The van der Waals surface area contributed by atoms with Crippen molar-refractivity contribution < 1.29 is 9.53 Å². The van der Waals surface area contributed by atoms with Gasteiger partial charge < -0.3 is 10.1 Å². The zero-order valence-electron chi connectivity index (χ0n) is 11.3.